The molecule has 2 aromatic carbocycles. The van der Waals surface area contributed by atoms with Crippen LogP contribution in [0.5, 0.6) is 0 Å². The number of allylic oxidation sites excluding steroid dienone is 6. The summed E-state index contributed by atoms with van der Waals surface area (Å²) in [5.74, 6) is -0.0534. The summed E-state index contributed by atoms with van der Waals surface area (Å²) in [7, 11) is 2.01. The number of aryl methyl sites for hydroxylation is 1. The standard InChI is InChI=1S/C39H47N3O/c1-10-30(25(3)4)21-34-22-31(16-15-27(34)6)36-23-37(32-17-18-33(24-40)28(7)20-32)42-39(29(36)8)38(43)19-26(5)13-12-14-35(11-2)41-9/h10,15-22,35,37,41H,3,6,11-14,23H2,1-2,4-5,7-9H3. The van der Waals surface area contributed by atoms with Gasteiger partial charge in [0.1, 0.15) is 5.71 Å². The fourth-order valence-electron chi connectivity index (χ4n) is 5.66. The summed E-state index contributed by atoms with van der Waals surface area (Å²) < 4.78 is 0. The largest absolute Gasteiger partial charge is 0.317 e. The summed E-state index contributed by atoms with van der Waals surface area (Å²) in [5.41, 5.74) is 9.28. The molecule has 0 radical (unpaired) electrons. The molecule has 2 aromatic rings. The van der Waals surface area contributed by atoms with Crippen LogP contribution in [0, 0.1) is 18.3 Å². The van der Waals surface area contributed by atoms with Gasteiger partial charge in [0, 0.05) is 6.04 Å². The van der Waals surface area contributed by atoms with E-state index in [-0.39, 0.29) is 11.8 Å². The third-order valence-corrected chi connectivity index (χ3v) is 8.49. The Morgan fingerprint density at radius 1 is 1.21 bits per heavy atom. The first-order valence-electron chi connectivity index (χ1n) is 15.3. The van der Waals surface area contributed by atoms with Crippen LogP contribution in [0.25, 0.3) is 18.2 Å². The van der Waals surface area contributed by atoms with E-state index in [0.29, 0.717) is 23.7 Å². The molecule has 224 valence electrons. The van der Waals surface area contributed by atoms with Gasteiger partial charge in [-0.05, 0) is 142 Å². The zero-order valence-corrected chi connectivity index (χ0v) is 27.1. The van der Waals surface area contributed by atoms with Gasteiger partial charge in [0.25, 0.3) is 0 Å². The third kappa shape index (κ3) is 8.49. The third-order valence-electron chi connectivity index (χ3n) is 8.49. The number of nitrogens with zero attached hydrogens (tertiary/aromatic N) is 2. The van der Waals surface area contributed by atoms with Crippen molar-refractivity contribution in [2.75, 3.05) is 7.05 Å². The lowest BCUT2D eigenvalue weighted by Gasteiger charge is -2.25. The second-order valence-electron chi connectivity index (χ2n) is 11.7. The number of hydrogen-bond acceptors (Lipinski definition) is 4. The van der Waals surface area contributed by atoms with Crippen molar-refractivity contribution >= 4 is 29.7 Å². The average Bonchev–Trinajstić information content (AvgIpc) is 2.98. The van der Waals surface area contributed by atoms with Gasteiger partial charge in [-0.15, -0.1) is 0 Å². The number of hydrogen-bond donors (Lipinski definition) is 1. The first-order valence-corrected chi connectivity index (χ1v) is 15.3. The lowest BCUT2D eigenvalue weighted by atomic mass is 9.85. The van der Waals surface area contributed by atoms with E-state index in [2.05, 4.69) is 55.8 Å². The van der Waals surface area contributed by atoms with Gasteiger partial charge in [0.15, 0.2) is 0 Å². The van der Waals surface area contributed by atoms with Crippen molar-refractivity contribution in [3.05, 3.63) is 110 Å². The van der Waals surface area contributed by atoms with E-state index in [0.717, 1.165) is 80.7 Å². The normalized spacial score (nSPS) is 17.0. The highest BCUT2D eigenvalue weighted by Crippen LogP contribution is 2.37. The molecule has 0 aromatic heterocycles. The van der Waals surface area contributed by atoms with Crippen molar-refractivity contribution in [1.29, 1.82) is 5.26 Å². The molecule has 0 aliphatic carbocycles. The van der Waals surface area contributed by atoms with E-state index in [9.17, 15) is 10.1 Å². The number of ketones is 1. The molecule has 43 heavy (non-hydrogen) atoms. The van der Waals surface area contributed by atoms with Crippen LogP contribution in [0.1, 0.15) is 95.0 Å². The maximum Gasteiger partial charge on any atom is 0.203 e. The number of benzene rings is 2. The molecule has 4 nitrogen and oxygen atoms in total. The molecule has 0 saturated carbocycles. The fourth-order valence-corrected chi connectivity index (χ4v) is 5.66. The molecular weight excluding hydrogens is 526 g/mol. The summed E-state index contributed by atoms with van der Waals surface area (Å²) in [4.78, 5) is 18.8. The van der Waals surface area contributed by atoms with Crippen LogP contribution in [0.15, 0.2) is 82.4 Å². The van der Waals surface area contributed by atoms with Crippen molar-refractivity contribution in [3.8, 4) is 6.07 Å². The number of carbonyl (C=O) groups excluding carboxylic acids is 1. The summed E-state index contributed by atoms with van der Waals surface area (Å²) >= 11 is 0. The lowest BCUT2D eigenvalue weighted by Crippen LogP contribution is -2.25. The summed E-state index contributed by atoms with van der Waals surface area (Å²) in [5, 5.41) is 14.8. The van der Waals surface area contributed by atoms with Crippen molar-refractivity contribution in [3.63, 3.8) is 0 Å². The second-order valence-corrected chi connectivity index (χ2v) is 11.7. The lowest BCUT2D eigenvalue weighted by molar-refractivity contribution is -0.108. The molecule has 1 aliphatic heterocycles. The molecule has 0 spiro atoms. The molecular formula is C39H47N3O. The van der Waals surface area contributed by atoms with Crippen LogP contribution in [0.4, 0.5) is 0 Å². The molecule has 4 heteroatoms. The molecule has 2 atom stereocenters. The number of nitrogens with one attached hydrogen (secondary N) is 1. The van der Waals surface area contributed by atoms with E-state index in [1.807, 2.05) is 65.9 Å². The number of aliphatic imine (C=N–C) groups is 1. The van der Waals surface area contributed by atoms with Crippen LogP contribution >= 0.6 is 0 Å². The highest BCUT2D eigenvalue weighted by Gasteiger charge is 2.27. The van der Waals surface area contributed by atoms with Gasteiger partial charge in [-0.3, -0.25) is 9.79 Å². The van der Waals surface area contributed by atoms with Gasteiger partial charge in [-0.1, -0.05) is 61.6 Å². The molecule has 0 amide bonds. The van der Waals surface area contributed by atoms with Crippen molar-refractivity contribution in [2.24, 2.45) is 4.99 Å². The zero-order chi connectivity index (χ0) is 31.7. The first-order chi connectivity index (χ1) is 20.5. The number of dihydropyridines is 1. The van der Waals surface area contributed by atoms with Crippen molar-refractivity contribution < 1.29 is 4.79 Å². The maximum atomic E-state index is 13.8. The maximum absolute atomic E-state index is 13.8. The van der Waals surface area contributed by atoms with Gasteiger partial charge in [0.05, 0.1) is 17.7 Å². The van der Waals surface area contributed by atoms with Crippen LogP contribution < -0.4 is 15.8 Å². The van der Waals surface area contributed by atoms with Gasteiger partial charge in [-0.2, -0.15) is 5.26 Å². The molecule has 1 N–H and O–H groups in total. The quantitative estimate of drug-likeness (QED) is 0.210. The van der Waals surface area contributed by atoms with Gasteiger partial charge < -0.3 is 5.32 Å². The predicted octanol–water partition coefficient (Wildman–Crippen LogP) is 7.62. The average molecular weight is 574 g/mol. The molecule has 1 heterocycles. The zero-order valence-electron chi connectivity index (χ0n) is 27.1. The highest BCUT2D eigenvalue weighted by atomic mass is 16.1. The molecule has 3 rings (SSSR count). The van der Waals surface area contributed by atoms with Gasteiger partial charge in [-0.25, -0.2) is 0 Å². The molecule has 0 saturated heterocycles. The van der Waals surface area contributed by atoms with Gasteiger partial charge >= 0.3 is 0 Å². The summed E-state index contributed by atoms with van der Waals surface area (Å²) in [6.07, 6.45) is 10.7. The Hall–Kier alpha value is -4.07. The topological polar surface area (TPSA) is 65.2 Å². The molecule has 1 aliphatic rings. The monoisotopic (exact) mass is 573 g/mol. The minimum atomic E-state index is -0.230. The minimum Gasteiger partial charge on any atom is -0.317 e. The Balaban J connectivity index is 2.09. The fraction of sp³-hybridized carbons (Fsp3) is 0.359. The summed E-state index contributed by atoms with van der Waals surface area (Å²) in [6.45, 7) is 20.6. The van der Waals surface area contributed by atoms with E-state index in [1.54, 1.807) is 6.08 Å². The van der Waals surface area contributed by atoms with Crippen LogP contribution in [0.2, 0.25) is 0 Å². The highest BCUT2D eigenvalue weighted by molar-refractivity contribution is 6.51. The molecule has 0 fully saturated rings. The second kappa shape index (κ2) is 15.4. The van der Waals surface area contributed by atoms with Crippen LogP contribution in [0.3, 0.4) is 0 Å². The molecule has 0 bridgehead atoms. The summed E-state index contributed by atoms with van der Waals surface area (Å²) in [6, 6.07) is 14.7. The smallest absolute Gasteiger partial charge is 0.203 e. The predicted molar refractivity (Wildman–Crippen MR) is 183 cm³/mol. The Kier molecular flexibility index (Phi) is 12.0. The van der Waals surface area contributed by atoms with E-state index < -0.39 is 0 Å². The minimum absolute atomic E-state index is 0.0534. The van der Waals surface area contributed by atoms with Crippen LogP contribution in [-0.4, -0.2) is 24.6 Å². The Labute approximate surface area is 258 Å². The van der Waals surface area contributed by atoms with Crippen molar-refractivity contribution in [1.82, 2.24) is 5.32 Å². The SMILES string of the molecule is C=C(C)C(=CC)C=c1cc(C2=C(C)C(C(=O)C=C(C)CCCC(CC)NC)=NC(c3ccc(C#N)c(C)c3)C2)ccc1=C. The molecule has 2 unspecified atom stereocenters. The van der Waals surface area contributed by atoms with E-state index in [1.165, 1.54) is 0 Å². The van der Waals surface area contributed by atoms with Crippen molar-refractivity contribution in [2.45, 2.75) is 85.7 Å². The number of rotatable bonds is 12. The van der Waals surface area contributed by atoms with Gasteiger partial charge in [0.2, 0.25) is 5.78 Å². The van der Waals surface area contributed by atoms with E-state index >= 15 is 0 Å². The van der Waals surface area contributed by atoms with Crippen LogP contribution in [-0.2, 0) is 4.79 Å². The van der Waals surface area contributed by atoms with E-state index in [4.69, 9.17) is 4.99 Å². The number of nitriles is 1. The first kappa shape index (κ1) is 33.4. The Bertz CT molecular complexity index is 1650. The number of carbonyl (C=O) groups is 1. The Morgan fingerprint density at radius 2 is 1.95 bits per heavy atom. The Morgan fingerprint density at radius 3 is 2.56 bits per heavy atom.